The van der Waals surface area contributed by atoms with Gasteiger partial charge in [0.2, 0.25) is 0 Å². The van der Waals surface area contributed by atoms with Crippen molar-refractivity contribution in [3.05, 3.63) is 71.0 Å². The van der Waals surface area contributed by atoms with Gasteiger partial charge in [-0.25, -0.2) is 19.4 Å². The highest BCUT2D eigenvalue weighted by atomic mass is 19.4. The number of aryl methyl sites for hydroxylation is 1. The summed E-state index contributed by atoms with van der Waals surface area (Å²) in [5.41, 5.74) is 4.89. The first-order valence-corrected chi connectivity index (χ1v) is 9.66. The Balaban J connectivity index is 1.58. The van der Waals surface area contributed by atoms with Crippen molar-refractivity contribution in [3.63, 3.8) is 0 Å². The van der Waals surface area contributed by atoms with E-state index in [9.17, 15) is 27.6 Å². The lowest BCUT2D eigenvalue weighted by atomic mass is 10.1. The van der Waals surface area contributed by atoms with E-state index in [4.69, 9.17) is 5.73 Å². The van der Waals surface area contributed by atoms with Gasteiger partial charge >= 0.3 is 24.3 Å². The maximum atomic E-state index is 13.0. The predicted octanol–water partition coefficient (Wildman–Crippen LogP) is 4.16. The monoisotopic (exact) mass is 460 g/mol. The first kappa shape index (κ1) is 23.5. The van der Waals surface area contributed by atoms with Crippen LogP contribution in [0, 0.1) is 6.92 Å². The Morgan fingerprint density at radius 1 is 1.06 bits per heavy atom. The van der Waals surface area contributed by atoms with Crippen LogP contribution in [0.15, 0.2) is 48.7 Å². The minimum absolute atomic E-state index is 0.0351. The Morgan fingerprint density at radius 3 is 2.52 bits per heavy atom. The van der Waals surface area contributed by atoms with E-state index < -0.39 is 29.8 Å². The van der Waals surface area contributed by atoms with Crippen molar-refractivity contribution < 1.29 is 32.3 Å². The van der Waals surface area contributed by atoms with Crippen LogP contribution < -0.4 is 16.4 Å². The fraction of sp³-hybridized carbons (Fsp3) is 0.182. The molecule has 0 radical (unpaired) electrons. The number of alkyl halides is 3. The van der Waals surface area contributed by atoms with Gasteiger partial charge in [-0.15, -0.1) is 0 Å². The van der Waals surface area contributed by atoms with Gasteiger partial charge < -0.3 is 21.1 Å². The number of hydrogen-bond acceptors (Lipinski definition) is 5. The van der Waals surface area contributed by atoms with Crippen LogP contribution in [0.1, 0.15) is 27.2 Å². The predicted molar refractivity (Wildman–Crippen MR) is 114 cm³/mol. The molecule has 172 valence electrons. The molecular formula is C22H19F3N4O4. The Morgan fingerprint density at radius 2 is 1.82 bits per heavy atom. The standard InChI is InChI=1S/C22H19F3N4O4/c1-12-2-5-16(10-17(12)22(23,24)25)29-21(32)27-7-6-13-3-4-14-9-18(19(30)33-20(26)31)28-11-15(14)8-13/h2-5,8-11H,6-7H2,1H3,(H2,26,31)(H2,27,29,32). The van der Waals surface area contributed by atoms with E-state index in [-0.39, 0.29) is 23.5 Å². The van der Waals surface area contributed by atoms with E-state index >= 15 is 0 Å². The zero-order valence-electron chi connectivity index (χ0n) is 17.3. The molecule has 3 amide bonds. The maximum Gasteiger partial charge on any atom is 0.416 e. The molecule has 0 spiro atoms. The molecule has 0 saturated heterocycles. The zero-order valence-corrected chi connectivity index (χ0v) is 17.3. The third-order valence-electron chi connectivity index (χ3n) is 4.69. The molecule has 0 bridgehead atoms. The van der Waals surface area contributed by atoms with E-state index in [1.54, 1.807) is 18.2 Å². The van der Waals surface area contributed by atoms with Gasteiger partial charge in [0.15, 0.2) is 0 Å². The molecule has 2 aromatic carbocycles. The lowest BCUT2D eigenvalue weighted by Crippen LogP contribution is -2.30. The number of pyridine rings is 1. The number of anilines is 1. The summed E-state index contributed by atoms with van der Waals surface area (Å²) in [6.45, 7) is 1.57. The molecule has 0 saturated carbocycles. The van der Waals surface area contributed by atoms with Gasteiger partial charge in [0, 0.05) is 23.8 Å². The van der Waals surface area contributed by atoms with Crippen molar-refractivity contribution in [3.8, 4) is 0 Å². The van der Waals surface area contributed by atoms with E-state index in [1.807, 2.05) is 0 Å². The average Bonchev–Trinajstić information content (AvgIpc) is 2.73. The number of carbonyl (C=O) groups is 3. The minimum atomic E-state index is -4.51. The van der Waals surface area contributed by atoms with Crippen molar-refractivity contribution in [2.75, 3.05) is 11.9 Å². The molecule has 0 unspecified atom stereocenters. The molecule has 0 fully saturated rings. The highest BCUT2D eigenvalue weighted by Gasteiger charge is 2.32. The molecular weight excluding hydrogens is 441 g/mol. The Bertz CT molecular complexity index is 1230. The first-order chi connectivity index (χ1) is 15.5. The van der Waals surface area contributed by atoms with Crippen LogP contribution in [0.4, 0.5) is 28.4 Å². The average molecular weight is 460 g/mol. The third-order valence-corrected chi connectivity index (χ3v) is 4.69. The number of hydrogen-bond donors (Lipinski definition) is 3. The minimum Gasteiger partial charge on any atom is -0.372 e. The molecule has 0 aliphatic carbocycles. The van der Waals surface area contributed by atoms with Crippen molar-refractivity contribution in [1.29, 1.82) is 0 Å². The third kappa shape index (κ3) is 6.19. The molecule has 33 heavy (non-hydrogen) atoms. The fourth-order valence-electron chi connectivity index (χ4n) is 3.10. The number of carbonyl (C=O) groups excluding carboxylic acids is 3. The maximum absolute atomic E-state index is 13.0. The quantitative estimate of drug-likeness (QED) is 0.390. The second-order valence-corrected chi connectivity index (χ2v) is 7.12. The summed E-state index contributed by atoms with van der Waals surface area (Å²) < 4.78 is 43.3. The highest BCUT2D eigenvalue weighted by Crippen LogP contribution is 2.33. The topological polar surface area (TPSA) is 123 Å². The van der Waals surface area contributed by atoms with Crippen LogP contribution in [-0.2, 0) is 17.3 Å². The fourth-order valence-corrected chi connectivity index (χ4v) is 3.10. The lowest BCUT2D eigenvalue weighted by Gasteiger charge is -2.13. The van der Waals surface area contributed by atoms with Gasteiger partial charge in [-0.2, -0.15) is 13.2 Å². The second-order valence-electron chi connectivity index (χ2n) is 7.12. The van der Waals surface area contributed by atoms with Crippen LogP contribution in [-0.4, -0.2) is 29.6 Å². The summed E-state index contributed by atoms with van der Waals surface area (Å²) in [6.07, 6.45) is -3.86. The number of halogens is 3. The molecule has 3 rings (SSSR count). The van der Waals surface area contributed by atoms with Crippen LogP contribution in [0.25, 0.3) is 10.8 Å². The van der Waals surface area contributed by atoms with E-state index in [2.05, 4.69) is 20.4 Å². The molecule has 1 heterocycles. The normalized spacial score (nSPS) is 11.2. The van der Waals surface area contributed by atoms with Crippen LogP contribution in [0.5, 0.6) is 0 Å². The number of nitrogens with zero attached hydrogens (tertiary/aromatic N) is 1. The SMILES string of the molecule is Cc1ccc(NC(=O)NCCc2ccc3cc(C(=O)OC(N)=O)ncc3c2)cc1C(F)(F)F. The zero-order chi connectivity index (χ0) is 24.2. The number of esters is 1. The largest absolute Gasteiger partial charge is 0.416 e. The molecule has 11 heteroatoms. The summed E-state index contributed by atoms with van der Waals surface area (Å²) in [4.78, 5) is 38.4. The van der Waals surface area contributed by atoms with Gasteiger partial charge in [0.1, 0.15) is 5.69 Å². The molecule has 0 atom stereocenters. The number of nitrogens with one attached hydrogen (secondary N) is 2. The Kier molecular flexibility index (Phi) is 6.80. The van der Waals surface area contributed by atoms with Crippen molar-refractivity contribution in [2.24, 2.45) is 5.73 Å². The lowest BCUT2D eigenvalue weighted by molar-refractivity contribution is -0.138. The van der Waals surface area contributed by atoms with E-state index in [0.717, 1.165) is 11.6 Å². The number of amides is 3. The van der Waals surface area contributed by atoms with Gasteiger partial charge in [-0.05, 0) is 54.1 Å². The smallest absolute Gasteiger partial charge is 0.372 e. The van der Waals surface area contributed by atoms with Crippen molar-refractivity contribution in [1.82, 2.24) is 10.3 Å². The molecule has 0 aliphatic heterocycles. The van der Waals surface area contributed by atoms with Crippen LogP contribution in [0.3, 0.4) is 0 Å². The molecule has 3 aromatic rings. The van der Waals surface area contributed by atoms with Crippen LogP contribution in [0.2, 0.25) is 0 Å². The number of aromatic nitrogens is 1. The first-order valence-electron chi connectivity index (χ1n) is 9.66. The number of ether oxygens (including phenoxy) is 1. The summed E-state index contributed by atoms with van der Waals surface area (Å²) >= 11 is 0. The van der Waals surface area contributed by atoms with Crippen LogP contribution >= 0.6 is 0 Å². The molecule has 8 nitrogen and oxygen atoms in total. The number of benzene rings is 2. The summed E-state index contributed by atoms with van der Waals surface area (Å²) in [6, 6.07) is 9.71. The summed E-state index contributed by atoms with van der Waals surface area (Å²) in [7, 11) is 0. The molecule has 4 N–H and O–H groups in total. The Hall–Kier alpha value is -4.15. The number of primary amides is 1. The summed E-state index contributed by atoms with van der Waals surface area (Å²) in [5, 5.41) is 6.37. The van der Waals surface area contributed by atoms with Crippen molar-refractivity contribution in [2.45, 2.75) is 19.5 Å². The molecule has 0 aliphatic rings. The number of fused-ring (bicyclic) bond motifs is 1. The van der Waals surface area contributed by atoms with E-state index in [1.165, 1.54) is 31.3 Å². The number of nitrogens with two attached hydrogens (primary N) is 1. The second kappa shape index (κ2) is 9.55. The van der Waals surface area contributed by atoms with E-state index in [0.29, 0.717) is 17.2 Å². The number of rotatable bonds is 5. The van der Waals surface area contributed by atoms with Gasteiger partial charge in [-0.1, -0.05) is 18.2 Å². The van der Waals surface area contributed by atoms with Gasteiger partial charge in [0.25, 0.3) is 0 Å². The van der Waals surface area contributed by atoms with Gasteiger partial charge in [-0.3, -0.25) is 0 Å². The molecule has 1 aromatic heterocycles. The highest BCUT2D eigenvalue weighted by molar-refractivity contribution is 5.97. The summed E-state index contributed by atoms with van der Waals surface area (Å²) in [5.74, 6) is -0.959. The number of urea groups is 1. The Labute approximate surface area is 185 Å². The van der Waals surface area contributed by atoms with Gasteiger partial charge in [0.05, 0.1) is 5.56 Å². The van der Waals surface area contributed by atoms with Crippen molar-refractivity contribution >= 4 is 34.6 Å².